The summed E-state index contributed by atoms with van der Waals surface area (Å²) >= 11 is 0. The smallest absolute Gasteiger partial charge is 0.226 e. The van der Waals surface area contributed by atoms with Gasteiger partial charge in [0.1, 0.15) is 24.0 Å². The number of benzene rings is 1. The van der Waals surface area contributed by atoms with Gasteiger partial charge in [0.25, 0.3) is 0 Å². The average molecular weight is 378 g/mol. The third kappa shape index (κ3) is 3.11. The summed E-state index contributed by atoms with van der Waals surface area (Å²) in [5.41, 5.74) is 4.56. The molecule has 0 radical (unpaired) electrons. The highest BCUT2D eigenvalue weighted by molar-refractivity contribution is 5.81. The normalized spacial score (nSPS) is 19.2. The third-order valence-corrected chi connectivity index (χ3v) is 6.06. The summed E-state index contributed by atoms with van der Waals surface area (Å²) in [6.45, 7) is 7.25. The van der Waals surface area contributed by atoms with Crippen molar-refractivity contribution in [3.8, 4) is 5.75 Å². The van der Waals surface area contributed by atoms with Gasteiger partial charge in [-0.25, -0.2) is 9.97 Å². The van der Waals surface area contributed by atoms with Crippen molar-refractivity contribution in [3.63, 3.8) is 0 Å². The number of anilines is 1. The molecule has 0 atom stereocenters. The van der Waals surface area contributed by atoms with E-state index in [2.05, 4.69) is 46.9 Å². The molecule has 6 nitrogen and oxygen atoms in total. The summed E-state index contributed by atoms with van der Waals surface area (Å²) in [5, 5.41) is 0. The Balaban J connectivity index is 1.26. The second-order valence-electron chi connectivity index (χ2n) is 8.27. The van der Waals surface area contributed by atoms with Crippen LogP contribution >= 0.6 is 0 Å². The number of aromatic nitrogens is 2. The summed E-state index contributed by atoms with van der Waals surface area (Å²) in [4.78, 5) is 25.7. The highest BCUT2D eigenvalue weighted by atomic mass is 16.5. The molecule has 1 aromatic carbocycles. The predicted octanol–water partition coefficient (Wildman–Crippen LogP) is 2.66. The van der Waals surface area contributed by atoms with Crippen LogP contribution in [0.25, 0.3) is 0 Å². The van der Waals surface area contributed by atoms with Crippen molar-refractivity contribution >= 4 is 11.7 Å². The van der Waals surface area contributed by atoms with Gasteiger partial charge in [0.05, 0.1) is 25.3 Å². The van der Waals surface area contributed by atoms with E-state index in [9.17, 15) is 4.79 Å². The first-order chi connectivity index (χ1) is 13.6. The Morgan fingerprint density at radius 2 is 1.89 bits per heavy atom. The number of hydrogen-bond donors (Lipinski definition) is 0. The topological polar surface area (TPSA) is 58.6 Å². The van der Waals surface area contributed by atoms with Crippen LogP contribution < -0.4 is 9.64 Å². The molecular weight excluding hydrogens is 352 g/mol. The Kier molecular flexibility index (Phi) is 4.22. The van der Waals surface area contributed by atoms with Crippen LogP contribution in [0.15, 0.2) is 24.5 Å². The van der Waals surface area contributed by atoms with E-state index in [1.165, 1.54) is 16.7 Å². The first kappa shape index (κ1) is 17.5. The van der Waals surface area contributed by atoms with Crippen LogP contribution in [-0.2, 0) is 17.8 Å². The molecule has 146 valence electrons. The summed E-state index contributed by atoms with van der Waals surface area (Å²) < 4.78 is 6.25. The van der Waals surface area contributed by atoms with Gasteiger partial charge in [-0.2, -0.15) is 0 Å². The SMILES string of the molecule is Cc1cccc(C)c1OC1CN(c2ncnc3c2CCN(C(=O)C2CC2)C3)C1. The Hall–Kier alpha value is -2.63. The molecule has 0 spiro atoms. The van der Waals surface area contributed by atoms with E-state index >= 15 is 0 Å². The summed E-state index contributed by atoms with van der Waals surface area (Å²) in [5.74, 6) is 2.59. The van der Waals surface area contributed by atoms with Crippen molar-refractivity contribution in [1.29, 1.82) is 0 Å². The molecule has 1 saturated heterocycles. The van der Waals surface area contributed by atoms with Crippen LogP contribution in [0.3, 0.4) is 0 Å². The fraction of sp³-hybridized carbons (Fsp3) is 0.500. The zero-order valence-electron chi connectivity index (χ0n) is 16.5. The van der Waals surface area contributed by atoms with E-state index in [1.807, 2.05) is 4.90 Å². The fourth-order valence-corrected chi connectivity index (χ4v) is 4.22. The first-order valence-electron chi connectivity index (χ1n) is 10.2. The molecule has 1 saturated carbocycles. The maximum absolute atomic E-state index is 12.4. The van der Waals surface area contributed by atoms with Gasteiger partial charge in [-0.05, 0) is 44.2 Å². The number of fused-ring (bicyclic) bond motifs is 1. The van der Waals surface area contributed by atoms with Gasteiger partial charge in [-0.3, -0.25) is 4.79 Å². The van der Waals surface area contributed by atoms with Gasteiger partial charge < -0.3 is 14.5 Å². The molecule has 28 heavy (non-hydrogen) atoms. The first-order valence-corrected chi connectivity index (χ1v) is 10.2. The molecule has 1 amide bonds. The standard InChI is InChI=1S/C22H26N4O2/c1-14-4-3-5-15(2)20(14)28-17-10-26(11-17)21-18-8-9-25(22(27)16-6-7-16)12-19(18)23-13-24-21/h3-5,13,16-17H,6-12H2,1-2H3. The number of hydrogen-bond acceptors (Lipinski definition) is 5. The minimum Gasteiger partial charge on any atom is -0.486 e. The lowest BCUT2D eigenvalue weighted by molar-refractivity contribution is -0.133. The Morgan fingerprint density at radius 1 is 1.14 bits per heavy atom. The molecule has 6 heteroatoms. The molecule has 3 heterocycles. The minimum absolute atomic E-state index is 0.182. The van der Waals surface area contributed by atoms with Crippen molar-refractivity contribution in [2.24, 2.45) is 5.92 Å². The molecule has 2 fully saturated rings. The number of para-hydroxylation sites is 1. The second kappa shape index (κ2) is 6.76. The molecule has 0 bridgehead atoms. The molecular formula is C22H26N4O2. The van der Waals surface area contributed by atoms with Crippen molar-refractivity contribution in [2.45, 2.75) is 45.8 Å². The monoisotopic (exact) mass is 378 g/mol. The molecule has 2 aromatic rings. The number of aryl methyl sites for hydroxylation is 2. The van der Waals surface area contributed by atoms with E-state index in [-0.39, 0.29) is 12.0 Å². The molecule has 5 rings (SSSR count). The van der Waals surface area contributed by atoms with Crippen molar-refractivity contribution in [2.75, 3.05) is 24.5 Å². The summed E-state index contributed by atoms with van der Waals surface area (Å²) in [7, 11) is 0. The third-order valence-electron chi connectivity index (χ3n) is 6.06. The van der Waals surface area contributed by atoms with Gasteiger partial charge in [-0.15, -0.1) is 0 Å². The molecule has 1 aliphatic carbocycles. The van der Waals surface area contributed by atoms with Gasteiger partial charge in [0, 0.05) is 18.0 Å². The Morgan fingerprint density at radius 3 is 2.61 bits per heavy atom. The number of carbonyl (C=O) groups is 1. The van der Waals surface area contributed by atoms with Gasteiger partial charge in [0.2, 0.25) is 5.91 Å². The number of amides is 1. The lowest BCUT2D eigenvalue weighted by Crippen LogP contribution is -2.55. The van der Waals surface area contributed by atoms with Gasteiger partial charge >= 0.3 is 0 Å². The number of rotatable bonds is 4. The maximum Gasteiger partial charge on any atom is 0.226 e. The molecule has 0 unspecified atom stereocenters. The summed E-state index contributed by atoms with van der Waals surface area (Å²) in [6.07, 6.45) is 4.75. The quantitative estimate of drug-likeness (QED) is 0.819. The van der Waals surface area contributed by atoms with E-state index in [0.717, 1.165) is 56.2 Å². The zero-order valence-corrected chi connectivity index (χ0v) is 16.5. The Bertz CT molecular complexity index is 898. The van der Waals surface area contributed by atoms with Crippen molar-refractivity contribution in [1.82, 2.24) is 14.9 Å². The van der Waals surface area contributed by atoms with Crippen LogP contribution in [0.5, 0.6) is 5.75 Å². The second-order valence-corrected chi connectivity index (χ2v) is 8.27. The molecule has 0 N–H and O–H groups in total. The van der Waals surface area contributed by atoms with Crippen LogP contribution in [0.2, 0.25) is 0 Å². The molecule has 1 aromatic heterocycles. The maximum atomic E-state index is 12.4. The largest absolute Gasteiger partial charge is 0.486 e. The highest BCUT2D eigenvalue weighted by Gasteiger charge is 2.37. The average Bonchev–Trinajstić information content (AvgIpc) is 3.50. The predicted molar refractivity (Wildman–Crippen MR) is 106 cm³/mol. The van der Waals surface area contributed by atoms with Crippen molar-refractivity contribution < 1.29 is 9.53 Å². The summed E-state index contributed by atoms with van der Waals surface area (Å²) in [6, 6.07) is 6.25. The lowest BCUT2D eigenvalue weighted by atomic mass is 10.0. The van der Waals surface area contributed by atoms with Crippen molar-refractivity contribution in [3.05, 3.63) is 46.9 Å². The van der Waals surface area contributed by atoms with Crippen LogP contribution in [-0.4, -0.2) is 46.5 Å². The van der Waals surface area contributed by atoms with Gasteiger partial charge in [0.15, 0.2) is 0 Å². The molecule has 2 aliphatic heterocycles. The fourth-order valence-electron chi connectivity index (χ4n) is 4.22. The lowest BCUT2D eigenvalue weighted by Gasteiger charge is -2.42. The van der Waals surface area contributed by atoms with E-state index in [4.69, 9.17) is 4.74 Å². The number of carbonyl (C=O) groups excluding carboxylic acids is 1. The van der Waals surface area contributed by atoms with Crippen LogP contribution in [0.1, 0.15) is 35.2 Å². The van der Waals surface area contributed by atoms with Crippen LogP contribution in [0.4, 0.5) is 5.82 Å². The molecule has 3 aliphatic rings. The highest BCUT2D eigenvalue weighted by Crippen LogP contribution is 2.35. The van der Waals surface area contributed by atoms with Crippen LogP contribution in [0, 0.1) is 19.8 Å². The number of nitrogens with zero attached hydrogens (tertiary/aromatic N) is 4. The minimum atomic E-state index is 0.182. The van der Waals surface area contributed by atoms with E-state index in [1.54, 1.807) is 6.33 Å². The van der Waals surface area contributed by atoms with E-state index < -0.39 is 0 Å². The van der Waals surface area contributed by atoms with E-state index in [0.29, 0.717) is 12.5 Å². The van der Waals surface area contributed by atoms with Gasteiger partial charge in [-0.1, -0.05) is 18.2 Å². The Labute approximate surface area is 165 Å². The number of ether oxygens (including phenoxy) is 1. The zero-order chi connectivity index (χ0) is 19.3.